The van der Waals surface area contributed by atoms with Crippen molar-refractivity contribution >= 4 is 10.9 Å². The minimum Gasteiger partial charge on any atom is -0.350 e. The highest BCUT2D eigenvalue weighted by Crippen LogP contribution is 2.22. The summed E-state index contributed by atoms with van der Waals surface area (Å²) in [5, 5.41) is 1.43. The summed E-state index contributed by atoms with van der Waals surface area (Å²) in [5.41, 5.74) is 2.86. The molecule has 0 aliphatic carbocycles. The number of aromatic nitrogens is 1. The van der Waals surface area contributed by atoms with Gasteiger partial charge >= 0.3 is 0 Å². The molecular weight excluding hydrogens is 194 g/mol. The zero-order chi connectivity index (χ0) is 11.4. The molecule has 0 radical (unpaired) electrons. The van der Waals surface area contributed by atoms with Gasteiger partial charge in [-0.2, -0.15) is 0 Å². The maximum atomic E-state index is 2.29. The van der Waals surface area contributed by atoms with E-state index in [1.807, 2.05) is 0 Å². The topological polar surface area (TPSA) is 4.93 Å². The lowest BCUT2D eigenvalue weighted by atomic mass is 10.1. The summed E-state index contributed by atoms with van der Waals surface area (Å²) < 4.78 is 2.24. The van der Waals surface area contributed by atoms with E-state index in [0.717, 1.165) is 0 Å². The smallest absolute Gasteiger partial charge is 0.0480 e. The molecule has 0 unspecified atom stereocenters. The van der Waals surface area contributed by atoms with Crippen LogP contribution in [0.5, 0.6) is 0 Å². The van der Waals surface area contributed by atoms with Crippen LogP contribution in [0.4, 0.5) is 0 Å². The van der Waals surface area contributed by atoms with Gasteiger partial charge in [-0.3, -0.25) is 0 Å². The van der Waals surface area contributed by atoms with Gasteiger partial charge in [0.15, 0.2) is 0 Å². The van der Waals surface area contributed by atoms with Gasteiger partial charge in [0.25, 0.3) is 0 Å². The Morgan fingerprint density at radius 3 is 2.69 bits per heavy atom. The van der Waals surface area contributed by atoms with Gasteiger partial charge in [-0.25, -0.2) is 0 Å². The summed E-state index contributed by atoms with van der Waals surface area (Å²) in [6.07, 6.45) is 8.87. The van der Waals surface area contributed by atoms with Crippen molar-refractivity contribution in [1.29, 1.82) is 0 Å². The van der Waals surface area contributed by atoms with Gasteiger partial charge in [0.05, 0.1) is 0 Å². The maximum Gasteiger partial charge on any atom is 0.0480 e. The third kappa shape index (κ3) is 2.29. The lowest BCUT2D eigenvalue weighted by Crippen LogP contribution is -1.84. The van der Waals surface area contributed by atoms with Gasteiger partial charge in [0.2, 0.25) is 0 Å². The van der Waals surface area contributed by atoms with E-state index >= 15 is 0 Å². The minimum atomic E-state index is 1.22. The molecule has 1 aromatic heterocycles. The zero-order valence-corrected chi connectivity index (χ0v) is 10.4. The van der Waals surface area contributed by atoms with Crippen molar-refractivity contribution in [2.24, 2.45) is 7.05 Å². The van der Waals surface area contributed by atoms with Crippen molar-refractivity contribution < 1.29 is 0 Å². The second-order valence-electron chi connectivity index (χ2n) is 4.59. The van der Waals surface area contributed by atoms with E-state index < -0.39 is 0 Å². The SMILES string of the molecule is CCCCCCc1cn(C)c2ccccc12. The fraction of sp³-hybridized carbons (Fsp3) is 0.467. The fourth-order valence-corrected chi connectivity index (χ4v) is 2.37. The number of aryl methyl sites for hydroxylation is 2. The largest absolute Gasteiger partial charge is 0.350 e. The first-order valence-corrected chi connectivity index (χ1v) is 6.36. The van der Waals surface area contributed by atoms with E-state index in [-0.39, 0.29) is 0 Å². The molecule has 2 rings (SSSR count). The molecule has 0 spiro atoms. The Hall–Kier alpha value is -1.24. The summed E-state index contributed by atoms with van der Waals surface area (Å²) in [7, 11) is 2.14. The molecule has 1 nitrogen and oxygen atoms in total. The van der Waals surface area contributed by atoms with E-state index in [1.54, 1.807) is 0 Å². The molecule has 0 saturated heterocycles. The third-order valence-electron chi connectivity index (χ3n) is 3.28. The second-order valence-corrected chi connectivity index (χ2v) is 4.59. The summed E-state index contributed by atoms with van der Waals surface area (Å²) >= 11 is 0. The van der Waals surface area contributed by atoms with Gasteiger partial charge in [-0.1, -0.05) is 44.4 Å². The third-order valence-corrected chi connectivity index (χ3v) is 3.28. The molecule has 0 bridgehead atoms. The summed E-state index contributed by atoms with van der Waals surface area (Å²) in [6, 6.07) is 8.69. The monoisotopic (exact) mass is 215 g/mol. The van der Waals surface area contributed by atoms with E-state index in [2.05, 4.69) is 49.0 Å². The molecule has 86 valence electrons. The van der Waals surface area contributed by atoms with Crippen molar-refractivity contribution in [3.63, 3.8) is 0 Å². The average Bonchev–Trinajstić information content (AvgIpc) is 2.63. The van der Waals surface area contributed by atoms with Crippen LogP contribution in [-0.4, -0.2) is 4.57 Å². The van der Waals surface area contributed by atoms with Crippen LogP contribution in [0.3, 0.4) is 0 Å². The van der Waals surface area contributed by atoms with Crippen LogP contribution in [0.1, 0.15) is 38.2 Å². The summed E-state index contributed by atoms with van der Waals surface area (Å²) in [4.78, 5) is 0. The van der Waals surface area contributed by atoms with Crippen LogP contribution in [0.25, 0.3) is 10.9 Å². The highest BCUT2D eigenvalue weighted by Gasteiger charge is 2.04. The van der Waals surface area contributed by atoms with Gasteiger partial charge in [0.1, 0.15) is 0 Å². The molecule has 0 amide bonds. The van der Waals surface area contributed by atoms with Crippen LogP contribution >= 0.6 is 0 Å². The number of unbranched alkanes of at least 4 members (excludes halogenated alkanes) is 3. The standard InChI is InChI=1S/C15H21N/c1-3-4-5-6-9-13-12-16(2)15-11-8-7-10-14(13)15/h7-8,10-12H,3-6,9H2,1-2H3. The Morgan fingerprint density at radius 1 is 1.06 bits per heavy atom. The molecule has 2 aromatic rings. The minimum absolute atomic E-state index is 1.22. The molecule has 16 heavy (non-hydrogen) atoms. The lowest BCUT2D eigenvalue weighted by molar-refractivity contribution is 0.667. The van der Waals surface area contributed by atoms with Crippen LogP contribution in [-0.2, 0) is 13.5 Å². The highest BCUT2D eigenvalue weighted by atomic mass is 14.9. The Kier molecular flexibility index (Phi) is 3.66. The Labute approximate surface area is 98.1 Å². The number of fused-ring (bicyclic) bond motifs is 1. The Morgan fingerprint density at radius 2 is 1.88 bits per heavy atom. The molecule has 0 saturated carbocycles. The molecular formula is C15H21N. The number of nitrogens with zero attached hydrogens (tertiary/aromatic N) is 1. The fourth-order valence-electron chi connectivity index (χ4n) is 2.37. The molecule has 0 aliphatic rings. The molecule has 1 heterocycles. The molecule has 0 atom stereocenters. The van der Waals surface area contributed by atoms with Crippen LogP contribution in [0.15, 0.2) is 30.5 Å². The van der Waals surface area contributed by atoms with Crippen molar-refractivity contribution in [2.45, 2.75) is 39.0 Å². The van der Waals surface area contributed by atoms with Gasteiger partial charge in [-0.05, 0) is 24.5 Å². The molecule has 0 aliphatic heterocycles. The van der Waals surface area contributed by atoms with E-state index in [0.29, 0.717) is 0 Å². The summed E-state index contributed by atoms with van der Waals surface area (Å²) in [6.45, 7) is 2.26. The zero-order valence-electron chi connectivity index (χ0n) is 10.4. The van der Waals surface area contributed by atoms with E-state index in [4.69, 9.17) is 0 Å². The first-order valence-electron chi connectivity index (χ1n) is 6.36. The number of rotatable bonds is 5. The normalized spacial score (nSPS) is 11.1. The van der Waals surface area contributed by atoms with Crippen LogP contribution in [0.2, 0.25) is 0 Å². The highest BCUT2D eigenvalue weighted by molar-refractivity contribution is 5.83. The maximum absolute atomic E-state index is 2.29. The predicted molar refractivity (Wildman–Crippen MR) is 70.8 cm³/mol. The number of para-hydroxylation sites is 1. The quantitative estimate of drug-likeness (QED) is 0.655. The Balaban J connectivity index is 2.12. The lowest BCUT2D eigenvalue weighted by Gasteiger charge is -1.98. The number of benzene rings is 1. The predicted octanol–water partition coefficient (Wildman–Crippen LogP) is 4.30. The van der Waals surface area contributed by atoms with Crippen molar-refractivity contribution in [3.05, 3.63) is 36.0 Å². The number of hydrogen-bond acceptors (Lipinski definition) is 0. The first kappa shape index (κ1) is 11.3. The van der Waals surface area contributed by atoms with Gasteiger partial charge in [-0.15, -0.1) is 0 Å². The van der Waals surface area contributed by atoms with E-state index in [9.17, 15) is 0 Å². The van der Waals surface area contributed by atoms with Crippen LogP contribution in [0, 0.1) is 0 Å². The average molecular weight is 215 g/mol. The van der Waals surface area contributed by atoms with Gasteiger partial charge < -0.3 is 4.57 Å². The van der Waals surface area contributed by atoms with Crippen molar-refractivity contribution in [3.8, 4) is 0 Å². The number of hydrogen-bond donors (Lipinski definition) is 0. The van der Waals surface area contributed by atoms with Crippen molar-refractivity contribution in [1.82, 2.24) is 4.57 Å². The second kappa shape index (κ2) is 5.20. The van der Waals surface area contributed by atoms with Crippen LogP contribution < -0.4 is 0 Å². The van der Waals surface area contributed by atoms with E-state index in [1.165, 1.54) is 48.6 Å². The van der Waals surface area contributed by atoms with Crippen molar-refractivity contribution in [2.75, 3.05) is 0 Å². The molecule has 0 fully saturated rings. The Bertz CT molecular complexity index is 453. The van der Waals surface area contributed by atoms with Gasteiger partial charge in [0, 0.05) is 24.1 Å². The first-order chi connectivity index (χ1) is 7.83. The summed E-state index contributed by atoms with van der Waals surface area (Å²) in [5.74, 6) is 0. The molecule has 1 heteroatoms. The molecule has 1 aromatic carbocycles. The molecule has 0 N–H and O–H groups in total.